The van der Waals surface area contributed by atoms with E-state index in [1.807, 2.05) is 6.20 Å². The Morgan fingerprint density at radius 3 is 2.92 bits per heavy atom. The van der Waals surface area contributed by atoms with Crippen LogP contribution < -0.4 is 11.1 Å². The molecule has 1 aliphatic heterocycles. The molecular weight excluding hydrogens is 366 g/mol. The highest BCUT2D eigenvalue weighted by Crippen LogP contribution is 2.42. The molecule has 122 valence electrons. The number of rotatable bonds is 2. The minimum Gasteiger partial charge on any atom is -0.382 e. The van der Waals surface area contributed by atoms with E-state index in [2.05, 4.69) is 48.8 Å². The molecular formula is C18H18BrN5. The second-order valence-corrected chi connectivity index (χ2v) is 7.54. The number of anilines is 2. The number of nitrogens with zero attached hydrogens (tertiary/aromatic N) is 3. The zero-order chi connectivity index (χ0) is 16.3. The normalized spacial score (nSPS) is 20.0. The summed E-state index contributed by atoms with van der Waals surface area (Å²) in [6, 6.07) is 6.39. The van der Waals surface area contributed by atoms with Gasteiger partial charge in [-0.25, -0.2) is 9.97 Å². The number of nitrogen functional groups attached to an aromatic ring is 1. The number of fused-ring (bicyclic) bond motifs is 2. The van der Waals surface area contributed by atoms with Crippen LogP contribution in [0.1, 0.15) is 48.3 Å². The van der Waals surface area contributed by atoms with Crippen LogP contribution in [0.5, 0.6) is 0 Å². The van der Waals surface area contributed by atoms with E-state index in [0.29, 0.717) is 11.7 Å². The molecule has 2 aromatic heterocycles. The van der Waals surface area contributed by atoms with Crippen molar-refractivity contribution in [2.75, 3.05) is 11.1 Å². The molecule has 1 aliphatic carbocycles. The summed E-state index contributed by atoms with van der Waals surface area (Å²) in [7, 11) is 0. The van der Waals surface area contributed by atoms with Gasteiger partial charge in [-0.15, -0.1) is 0 Å². The Labute approximate surface area is 148 Å². The number of imidazole rings is 1. The van der Waals surface area contributed by atoms with Gasteiger partial charge in [-0.3, -0.25) is 4.40 Å². The van der Waals surface area contributed by atoms with E-state index >= 15 is 0 Å². The van der Waals surface area contributed by atoms with Crippen LogP contribution in [-0.4, -0.2) is 14.4 Å². The number of nitrogens with two attached hydrogens (primary N) is 1. The van der Waals surface area contributed by atoms with Crippen molar-refractivity contribution in [2.24, 2.45) is 0 Å². The van der Waals surface area contributed by atoms with Crippen molar-refractivity contribution in [3.05, 3.63) is 52.1 Å². The molecule has 5 nitrogen and oxygen atoms in total. The fourth-order valence-electron chi connectivity index (χ4n) is 3.82. The molecule has 0 bridgehead atoms. The Kier molecular flexibility index (Phi) is 3.10. The van der Waals surface area contributed by atoms with Gasteiger partial charge in [0.15, 0.2) is 0 Å². The predicted molar refractivity (Wildman–Crippen MR) is 98.2 cm³/mol. The Balaban J connectivity index is 1.64. The molecule has 1 unspecified atom stereocenters. The smallest absolute Gasteiger partial charge is 0.149 e. The monoisotopic (exact) mass is 383 g/mol. The van der Waals surface area contributed by atoms with E-state index < -0.39 is 0 Å². The van der Waals surface area contributed by atoms with Crippen LogP contribution in [0.2, 0.25) is 0 Å². The van der Waals surface area contributed by atoms with Crippen LogP contribution in [0.25, 0.3) is 5.52 Å². The summed E-state index contributed by atoms with van der Waals surface area (Å²) < 4.78 is 3.30. The van der Waals surface area contributed by atoms with Gasteiger partial charge in [-0.05, 0) is 30.5 Å². The molecule has 0 amide bonds. The SMILES string of the molecule is Nc1nccn2c(C3CCC3)nc(C3Cc4c(Br)cccc4N3)c12. The molecule has 0 radical (unpaired) electrons. The Morgan fingerprint density at radius 1 is 1.29 bits per heavy atom. The minimum absolute atomic E-state index is 0.133. The van der Waals surface area contributed by atoms with Crippen molar-refractivity contribution in [3.8, 4) is 0 Å². The molecule has 1 saturated carbocycles. The summed E-state index contributed by atoms with van der Waals surface area (Å²) in [4.78, 5) is 9.33. The summed E-state index contributed by atoms with van der Waals surface area (Å²) in [5.74, 6) is 2.24. The highest BCUT2D eigenvalue weighted by atomic mass is 79.9. The molecule has 3 heterocycles. The van der Waals surface area contributed by atoms with Crippen molar-refractivity contribution < 1.29 is 0 Å². The van der Waals surface area contributed by atoms with Gasteiger partial charge in [0.25, 0.3) is 0 Å². The standard InChI is InChI=1S/C18H18BrN5/c19-12-5-2-6-13-11(12)9-14(22-13)15-16-17(20)21-7-8-24(16)18(23-15)10-3-1-4-10/h2,5-8,10,14,22H,1,3-4,9H2,(H2,20,21). The number of nitrogens with one attached hydrogen (secondary N) is 1. The van der Waals surface area contributed by atoms with Gasteiger partial charge in [-0.1, -0.05) is 28.4 Å². The fraction of sp³-hybridized carbons (Fsp3) is 0.333. The highest BCUT2D eigenvalue weighted by Gasteiger charge is 2.32. The Morgan fingerprint density at radius 2 is 2.17 bits per heavy atom. The van der Waals surface area contributed by atoms with Crippen LogP contribution in [0.15, 0.2) is 35.1 Å². The molecule has 1 atom stereocenters. The maximum Gasteiger partial charge on any atom is 0.149 e. The zero-order valence-electron chi connectivity index (χ0n) is 13.2. The van der Waals surface area contributed by atoms with Gasteiger partial charge in [0, 0.05) is 34.9 Å². The molecule has 3 N–H and O–H groups in total. The molecule has 1 fully saturated rings. The third-order valence-corrected chi connectivity index (χ3v) is 6.04. The molecule has 5 rings (SSSR count). The van der Waals surface area contributed by atoms with E-state index in [9.17, 15) is 0 Å². The topological polar surface area (TPSA) is 68.2 Å². The predicted octanol–water partition coefficient (Wildman–Crippen LogP) is 4.05. The van der Waals surface area contributed by atoms with E-state index in [4.69, 9.17) is 10.7 Å². The number of aromatic nitrogens is 3. The molecule has 0 spiro atoms. The molecule has 2 aliphatic rings. The van der Waals surface area contributed by atoms with Crippen LogP contribution >= 0.6 is 15.9 Å². The quantitative estimate of drug-likeness (QED) is 0.700. The Hall–Kier alpha value is -2.08. The summed E-state index contributed by atoms with van der Waals surface area (Å²) >= 11 is 3.66. The van der Waals surface area contributed by atoms with Crippen molar-refractivity contribution >= 4 is 33.0 Å². The average molecular weight is 384 g/mol. The van der Waals surface area contributed by atoms with Crippen molar-refractivity contribution in [1.82, 2.24) is 14.4 Å². The van der Waals surface area contributed by atoms with Gasteiger partial charge >= 0.3 is 0 Å². The second kappa shape index (κ2) is 5.21. The van der Waals surface area contributed by atoms with E-state index in [0.717, 1.165) is 27.9 Å². The first-order chi connectivity index (χ1) is 11.7. The van der Waals surface area contributed by atoms with E-state index in [-0.39, 0.29) is 6.04 Å². The molecule has 3 aromatic rings. The minimum atomic E-state index is 0.133. The fourth-order valence-corrected chi connectivity index (χ4v) is 4.35. The Bertz CT molecular complexity index is 944. The van der Waals surface area contributed by atoms with Gasteiger partial charge in [-0.2, -0.15) is 0 Å². The maximum absolute atomic E-state index is 6.22. The number of halogens is 1. The lowest BCUT2D eigenvalue weighted by Gasteiger charge is -2.23. The maximum atomic E-state index is 6.22. The van der Waals surface area contributed by atoms with Crippen LogP contribution in [0, 0.1) is 0 Å². The summed E-state index contributed by atoms with van der Waals surface area (Å²) in [6.45, 7) is 0. The number of hydrogen-bond donors (Lipinski definition) is 2. The van der Waals surface area contributed by atoms with Crippen molar-refractivity contribution in [2.45, 2.75) is 37.6 Å². The van der Waals surface area contributed by atoms with Gasteiger partial charge < -0.3 is 11.1 Å². The third kappa shape index (κ3) is 1.99. The van der Waals surface area contributed by atoms with Crippen molar-refractivity contribution in [3.63, 3.8) is 0 Å². The molecule has 1 aromatic carbocycles. The van der Waals surface area contributed by atoms with Crippen LogP contribution in [0.3, 0.4) is 0 Å². The molecule has 24 heavy (non-hydrogen) atoms. The molecule has 6 heteroatoms. The van der Waals surface area contributed by atoms with E-state index in [1.165, 1.54) is 30.5 Å². The zero-order valence-corrected chi connectivity index (χ0v) is 14.8. The first-order valence-electron chi connectivity index (χ1n) is 8.38. The van der Waals surface area contributed by atoms with Crippen LogP contribution in [0.4, 0.5) is 11.5 Å². The number of benzene rings is 1. The average Bonchev–Trinajstić information content (AvgIpc) is 3.09. The summed E-state index contributed by atoms with van der Waals surface area (Å²) in [6.07, 6.45) is 8.38. The second-order valence-electron chi connectivity index (χ2n) is 6.68. The number of hydrogen-bond acceptors (Lipinski definition) is 4. The van der Waals surface area contributed by atoms with Gasteiger partial charge in [0.1, 0.15) is 17.2 Å². The first-order valence-corrected chi connectivity index (χ1v) is 9.18. The van der Waals surface area contributed by atoms with Crippen molar-refractivity contribution in [1.29, 1.82) is 0 Å². The lowest BCUT2D eigenvalue weighted by atomic mass is 9.85. The van der Waals surface area contributed by atoms with E-state index in [1.54, 1.807) is 6.20 Å². The first kappa shape index (κ1) is 14.3. The third-order valence-electron chi connectivity index (χ3n) is 5.29. The van der Waals surface area contributed by atoms with Gasteiger partial charge in [0.05, 0.1) is 11.7 Å². The summed E-state index contributed by atoms with van der Waals surface area (Å²) in [5, 5.41) is 3.61. The lowest BCUT2D eigenvalue weighted by Crippen LogP contribution is -2.13. The van der Waals surface area contributed by atoms with Gasteiger partial charge in [0.2, 0.25) is 0 Å². The largest absolute Gasteiger partial charge is 0.382 e. The van der Waals surface area contributed by atoms with Crippen LogP contribution in [-0.2, 0) is 6.42 Å². The lowest BCUT2D eigenvalue weighted by molar-refractivity contribution is 0.399. The highest BCUT2D eigenvalue weighted by molar-refractivity contribution is 9.10. The molecule has 0 saturated heterocycles. The summed E-state index contributed by atoms with van der Waals surface area (Å²) in [5.41, 5.74) is 10.7.